The smallest absolute Gasteiger partial charge is 0.260 e. The molecule has 0 unspecified atom stereocenters. The quantitative estimate of drug-likeness (QED) is 0.536. The first kappa shape index (κ1) is 18.5. The molecular formula is C13H26N4O2S2. The average Bonchev–Trinajstić information content (AvgIpc) is 2.82. The molecular weight excluding hydrogens is 308 g/mol. The first-order chi connectivity index (χ1) is 10.0. The minimum Gasteiger partial charge on any atom is -0.313 e. The van der Waals surface area contributed by atoms with Crippen LogP contribution in [0.4, 0.5) is 0 Å². The van der Waals surface area contributed by atoms with Crippen LogP contribution in [-0.2, 0) is 16.6 Å². The number of aromatic nitrogens is 2. The monoisotopic (exact) mass is 334 g/mol. The molecule has 8 heteroatoms. The van der Waals surface area contributed by atoms with E-state index in [9.17, 15) is 8.42 Å². The van der Waals surface area contributed by atoms with E-state index in [-0.39, 0.29) is 5.03 Å². The van der Waals surface area contributed by atoms with E-state index in [1.807, 2.05) is 25.6 Å². The van der Waals surface area contributed by atoms with Crippen LogP contribution in [0.5, 0.6) is 0 Å². The van der Waals surface area contributed by atoms with E-state index in [1.54, 1.807) is 0 Å². The number of aromatic amines is 1. The van der Waals surface area contributed by atoms with Gasteiger partial charge in [0.2, 0.25) is 0 Å². The minimum absolute atomic E-state index is 0.116. The van der Waals surface area contributed by atoms with Crippen LogP contribution in [0.25, 0.3) is 0 Å². The summed E-state index contributed by atoms with van der Waals surface area (Å²) in [7, 11) is -3.53. The van der Waals surface area contributed by atoms with E-state index in [4.69, 9.17) is 0 Å². The molecule has 0 aliphatic carbocycles. The van der Waals surface area contributed by atoms with Gasteiger partial charge in [-0.2, -0.15) is 16.9 Å². The third-order valence-corrected chi connectivity index (χ3v) is 5.29. The Hall–Kier alpha value is -0.570. The Morgan fingerprint density at radius 2 is 2.05 bits per heavy atom. The van der Waals surface area contributed by atoms with E-state index in [1.165, 1.54) is 0 Å². The van der Waals surface area contributed by atoms with Crippen molar-refractivity contribution < 1.29 is 8.42 Å². The van der Waals surface area contributed by atoms with Gasteiger partial charge in [0.1, 0.15) is 0 Å². The summed E-state index contributed by atoms with van der Waals surface area (Å²) in [5, 5.41) is 9.96. The van der Waals surface area contributed by atoms with Crippen LogP contribution in [0.15, 0.2) is 5.03 Å². The fourth-order valence-corrected chi connectivity index (χ4v) is 3.69. The van der Waals surface area contributed by atoms with Crippen molar-refractivity contribution in [1.29, 1.82) is 0 Å². The Balaban J connectivity index is 2.57. The maximum atomic E-state index is 12.3. The van der Waals surface area contributed by atoms with Gasteiger partial charge in [-0.1, -0.05) is 13.3 Å². The van der Waals surface area contributed by atoms with Crippen LogP contribution in [0.1, 0.15) is 37.4 Å². The second-order valence-electron chi connectivity index (χ2n) is 4.86. The first-order valence-corrected chi connectivity index (χ1v) is 10.1. The van der Waals surface area contributed by atoms with Crippen LogP contribution in [0.2, 0.25) is 0 Å². The maximum absolute atomic E-state index is 12.3. The van der Waals surface area contributed by atoms with Crippen LogP contribution < -0.4 is 10.0 Å². The molecule has 0 amide bonds. The molecule has 1 heterocycles. The topological polar surface area (TPSA) is 86.9 Å². The van der Waals surface area contributed by atoms with Crippen molar-refractivity contribution in [2.45, 2.75) is 44.7 Å². The molecule has 6 nitrogen and oxygen atoms in total. The Labute approximate surface area is 131 Å². The molecule has 0 aliphatic rings. The van der Waals surface area contributed by atoms with Crippen molar-refractivity contribution in [2.24, 2.45) is 0 Å². The van der Waals surface area contributed by atoms with Gasteiger partial charge >= 0.3 is 0 Å². The van der Waals surface area contributed by atoms with E-state index < -0.39 is 10.0 Å². The lowest BCUT2D eigenvalue weighted by Gasteiger charge is -2.07. The van der Waals surface area contributed by atoms with Crippen LogP contribution >= 0.6 is 11.8 Å². The predicted molar refractivity (Wildman–Crippen MR) is 88.1 cm³/mol. The summed E-state index contributed by atoms with van der Waals surface area (Å²) in [5.41, 5.74) is 1.50. The lowest BCUT2D eigenvalue weighted by atomic mass is 10.2. The number of unbranched alkanes of at least 4 members (excludes halogenated alkanes) is 2. The van der Waals surface area contributed by atoms with Gasteiger partial charge in [0.05, 0.1) is 0 Å². The summed E-state index contributed by atoms with van der Waals surface area (Å²) in [6.07, 6.45) is 5.09. The summed E-state index contributed by atoms with van der Waals surface area (Å²) in [6, 6.07) is 0. The summed E-state index contributed by atoms with van der Waals surface area (Å²) >= 11 is 1.81. The Bertz CT molecular complexity index is 514. The number of nitrogens with one attached hydrogen (secondary N) is 3. The fraction of sp³-hybridized carbons (Fsp3) is 0.769. The zero-order valence-electron chi connectivity index (χ0n) is 13.0. The van der Waals surface area contributed by atoms with Crippen molar-refractivity contribution in [1.82, 2.24) is 20.2 Å². The van der Waals surface area contributed by atoms with Crippen molar-refractivity contribution in [3.63, 3.8) is 0 Å². The number of aryl methyl sites for hydroxylation is 1. The molecule has 0 radical (unpaired) electrons. The molecule has 0 saturated carbocycles. The van der Waals surface area contributed by atoms with Crippen molar-refractivity contribution in [3.8, 4) is 0 Å². The first-order valence-electron chi connectivity index (χ1n) is 7.26. The number of nitrogens with zero attached hydrogens (tertiary/aromatic N) is 1. The molecule has 0 spiro atoms. The van der Waals surface area contributed by atoms with Gasteiger partial charge in [-0.3, -0.25) is 5.10 Å². The highest BCUT2D eigenvalue weighted by Crippen LogP contribution is 2.16. The molecule has 21 heavy (non-hydrogen) atoms. The predicted octanol–water partition coefficient (Wildman–Crippen LogP) is 1.64. The SMILES string of the molecule is CCNCc1c(S(=O)(=O)NCCCCCSC)n[nH]c1C. The van der Waals surface area contributed by atoms with E-state index in [0.29, 0.717) is 18.7 Å². The van der Waals surface area contributed by atoms with Gasteiger partial charge in [-0.05, 0) is 38.3 Å². The molecule has 1 aromatic heterocycles. The van der Waals surface area contributed by atoms with Gasteiger partial charge in [-0.25, -0.2) is 13.1 Å². The highest BCUT2D eigenvalue weighted by Gasteiger charge is 2.22. The Kier molecular flexibility index (Phi) is 8.31. The van der Waals surface area contributed by atoms with Crippen molar-refractivity contribution in [3.05, 3.63) is 11.3 Å². The third-order valence-electron chi connectivity index (χ3n) is 3.16. The van der Waals surface area contributed by atoms with Gasteiger partial charge in [0.25, 0.3) is 10.0 Å². The van der Waals surface area contributed by atoms with E-state index >= 15 is 0 Å². The standard InChI is InChI=1S/C13H26N4O2S2/c1-4-14-10-12-11(2)16-17-13(12)21(18,19)15-8-6-5-7-9-20-3/h14-15H,4-10H2,1-3H3,(H,16,17). The summed E-state index contributed by atoms with van der Waals surface area (Å²) in [5.74, 6) is 1.12. The number of rotatable bonds is 11. The van der Waals surface area contributed by atoms with E-state index in [2.05, 4.69) is 26.5 Å². The largest absolute Gasteiger partial charge is 0.313 e. The van der Waals surface area contributed by atoms with Crippen molar-refractivity contribution >= 4 is 21.8 Å². The van der Waals surface area contributed by atoms with Gasteiger partial charge in [0, 0.05) is 24.3 Å². The molecule has 122 valence electrons. The molecule has 3 N–H and O–H groups in total. The second-order valence-corrected chi connectivity index (χ2v) is 7.53. The molecule has 0 aliphatic heterocycles. The zero-order valence-corrected chi connectivity index (χ0v) is 14.7. The molecule has 1 rings (SSSR count). The van der Waals surface area contributed by atoms with Gasteiger partial charge < -0.3 is 5.32 Å². The molecule has 0 bridgehead atoms. The Morgan fingerprint density at radius 1 is 1.29 bits per heavy atom. The molecule has 1 aromatic rings. The fourth-order valence-electron chi connectivity index (χ4n) is 1.93. The van der Waals surface area contributed by atoms with Gasteiger partial charge in [-0.15, -0.1) is 0 Å². The van der Waals surface area contributed by atoms with Crippen LogP contribution in [0.3, 0.4) is 0 Å². The van der Waals surface area contributed by atoms with Gasteiger partial charge in [0.15, 0.2) is 5.03 Å². The highest BCUT2D eigenvalue weighted by atomic mass is 32.2. The van der Waals surface area contributed by atoms with Crippen LogP contribution in [0, 0.1) is 6.92 Å². The van der Waals surface area contributed by atoms with E-state index in [0.717, 1.165) is 37.3 Å². The second kappa shape index (κ2) is 9.45. The number of sulfonamides is 1. The summed E-state index contributed by atoms with van der Waals surface area (Å²) in [4.78, 5) is 0. The number of hydrogen-bond acceptors (Lipinski definition) is 5. The number of H-pyrrole nitrogens is 1. The summed E-state index contributed by atoms with van der Waals surface area (Å²) < 4.78 is 27.2. The Morgan fingerprint density at radius 3 is 2.71 bits per heavy atom. The third kappa shape index (κ3) is 5.98. The lowest BCUT2D eigenvalue weighted by molar-refractivity contribution is 0.569. The normalized spacial score (nSPS) is 12.0. The molecule has 0 atom stereocenters. The molecule has 0 saturated heterocycles. The molecule has 0 aromatic carbocycles. The average molecular weight is 335 g/mol. The number of thioether (sulfide) groups is 1. The zero-order chi connectivity index (χ0) is 15.7. The highest BCUT2D eigenvalue weighted by molar-refractivity contribution is 7.98. The number of hydrogen-bond donors (Lipinski definition) is 3. The maximum Gasteiger partial charge on any atom is 0.260 e. The van der Waals surface area contributed by atoms with Crippen molar-refractivity contribution in [2.75, 3.05) is 25.1 Å². The minimum atomic E-state index is -3.53. The lowest BCUT2D eigenvalue weighted by Crippen LogP contribution is -2.27. The van der Waals surface area contributed by atoms with Crippen LogP contribution in [-0.4, -0.2) is 43.7 Å². The summed E-state index contributed by atoms with van der Waals surface area (Å²) in [6.45, 7) is 5.57. The molecule has 0 fully saturated rings.